The molecule has 11 heteroatoms. The Morgan fingerprint density at radius 2 is 2.06 bits per heavy atom. The van der Waals surface area contributed by atoms with Crippen molar-refractivity contribution in [2.45, 2.75) is 4.90 Å². The molecule has 0 aliphatic carbocycles. The summed E-state index contributed by atoms with van der Waals surface area (Å²) < 4.78 is 55.2. The fourth-order valence-corrected chi connectivity index (χ4v) is 3.88. The van der Waals surface area contributed by atoms with Gasteiger partial charge in [-0.2, -0.15) is 0 Å². The smallest absolute Gasteiger partial charge is 0.252 e. The van der Waals surface area contributed by atoms with Crippen LogP contribution in [0.25, 0.3) is 0 Å². The van der Waals surface area contributed by atoms with Crippen molar-refractivity contribution in [1.29, 1.82) is 0 Å². The van der Waals surface area contributed by atoms with Crippen LogP contribution in [0.15, 0.2) is 21.5 Å². The van der Waals surface area contributed by atoms with E-state index in [0.29, 0.717) is 17.6 Å². The van der Waals surface area contributed by atoms with Crippen LogP contribution in [0.5, 0.6) is 0 Å². The lowest BCUT2D eigenvalue weighted by atomic mass is 10.3. The summed E-state index contributed by atoms with van der Waals surface area (Å²) in [6.45, 7) is 0. The molecule has 96 valence electrons. The summed E-state index contributed by atoms with van der Waals surface area (Å²) in [4.78, 5) is -0.709. The third-order valence-electron chi connectivity index (χ3n) is 1.75. The van der Waals surface area contributed by atoms with Crippen LogP contribution in [0.4, 0.5) is 13.9 Å². The summed E-state index contributed by atoms with van der Waals surface area (Å²) in [7, 11) is -4.23. The SMILES string of the molecule is O=S(=O)(Nc1nnns1)c1c(F)cc(F)cc1Br. The maximum atomic E-state index is 13.5. The zero-order valence-electron chi connectivity index (χ0n) is 8.26. The number of hydrogen-bond donors (Lipinski definition) is 1. The number of aromatic nitrogens is 3. The number of anilines is 1. The molecule has 1 aromatic carbocycles. The molecule has 1 heterocycles. The maximum absolute atomic E-state index is 13.5. The van der Waals surface area contributed by atoms with E-state index in [2.05, 4.69) is 30.7 Å². The Hall–Kier alpha value is -1.20. The van der Waals surface area contributed by atoms with Gasteiger partial charge in [-0.1, -0.05) is 9.59 Å². The third-order valence-corrected chi connectivity index (χ3v) is 4.70. The highest BCUT2D eigenvalue weighted by molar-refractivity contribution is 9.10. The van der Waals surface area contributed by atoms with Gasteiger partial charge in [0.25, 0.3) is 10.0 Å². The van der Waals surface area contributed by atoms with Gasteiger partial charge in [-0.3, -0.25) is 4.72 Å². The highest BCUT2D eigenvalue weighted by Gasteiger charge is 2.24. The van der Waals surface area contributed by atoms with E-state index in [4.69, 9.17) is 0 Å². The standard InChI is InChI=1S/C7H3BrF2N4O2S2/c8-4-1-3(9)2-5(10)6(4)18(15,16)12-7-11-13-14-17-7/h1-2H,(H,11,12,14). The van der Waals surface area contributed by atoms with E-state index in [-0.39, 0.29) is 9.60 Å². The summed E-state index contributed by atoms with van der Waals surface area (Å²) in [5.74, 6) is -2.11. The second-order valence-corrected chi connectivity index (χ2v) is 6.18. The Kier molecular flexibility index (Phi) is 3.54. The maximum Gasteiger partial charge on any atom is 0.267 e. The van der Waals surface area contributed by atoms with Gasteiger partial charge in [0.05, 0.1) is 0 Å². The summed E-state index contributed by atoms with van der Waals surface area (Å²) in [5.41, 5.74) is 0. The Morgan fingerprint density at radius 1 is 1.33 bits per heavy atom. The molecule has 0 amide bonds. The van der Waals surface area contributed by atoms with E-state index in [1.54, 1.807) is 0 Å². The fraction of sp³-hybridized carbons (Fsp3) is 0. The molecule has 1 aromatic heterocycles. The lowest BCUT2D eigenvalue weighted by Gasteiger charge is -2.07. The quantitative estimate of drug-likeness (QED) is 0.905. The highest BCUT2D eigenvalue weighted by Crippen LogP contribution is 2.27. The van der Waals surface area contributed by atoms with Crippen LogP contribution in [0.3, 0.4) is 0 Å². The minimum atomic E-state index is -4.23. The molecule has 0 radical (unpaired) electrons. The molecule has 2 rings (SSSR count). The van der Waals surface area contributed by atoms with Gasteiger partial charge < -0.3 is 0 Å². The first-order valence-corrected chi connectivity index (χ1v) is 7.27. The fourth-order valence-electron chi connectivity index (χ4n) is 1.12. The monoisotopic (exact) mass is 356 g/mol. The highest BCUT2D eigenvalue weighted by atomic mass is 79.9. The van der Waals surface area contributed by atoms with Crippen LogP contribution in [0, 0.1) is 11.6 Å². The first-order chi connectivity index (χ1) is 8.40. The van der Waals surface area contributed by atoms with Crippen molar-refractivity contribution in [3.63, 3.8) is 0 Å². The number of benzene rings is 1. The Bertz CT molecular complexity index is 654. The lowest BCUT2D eigenvalue weighted by Crippen LogP contribution is -2.15. The molecule has 0 saturated carbocycles. The zero-order valence-corrected chi connectivity index (χ0v) is 11.5. The van der Waals surface area contributed by atoms with Gasteiger partial charge >= 0.3 is 0 Å². The van der Waals surface area contributed by atoms with Gasteiger partial charge in [-0.15, -0.1) is 0 Å². The zero-order chi connectivity index (χ0) is 13.3. The Morgan fingerprint density at radius 3 is 2.61 bits per heavy atom. The van der Waals surface area contributed by atoms with Crippen LogP contribution in [-0.2, 0) is 10.0 Å². The molecule has 0 unspecified atom stereocenters. The number of hydrogen-bond acceptors (Lipinski definition) is 6. The topological polar surface area (TPSA) is 84.8 Å². The summed E-state index contributed by atoms with van der Waals surface area (Å²) in [6, 6.07) is 1.31. The van der Waals surface area contributed by atoms with Crippen LogP contribution in [-0.4, -0.2) is 23.2 Å². The number of rotatable bonds is 3. The van der Waals surface area contributed by atoms with E-state index in [9.17, 15) is 17.2 Å². The minimum Gasteiger partial charge on any atom is -0.252 e. The van der Waals surface area contributed by atoms with Gasteiger partial charge in [0.1, 0.15) is 16.5 Å². The summed E-state index contributed by atoms with van der Waals surface area (Å²) >= 11 is 3.48. The van der Waals surface area contributed by atoms with Crippen molar-refractivity contribution >= 4 is 42.6 Å². The predicted molar refractivity (Wildman–Crippen MR) is 62.6 cm³/mol. The largest absolute Gasteiger partial charge is 0.267 e. The number of sulfonamides is 1. The molecule has 0 atom stereocenters. The molecule has 6 nitrogen and oxygen atoms in total. The second-order valence-electron chi connectivity index (χ2n) is 2.97. The van der Waals surface area contributed by atoms with E-state index >= 15 is 0 Å². The summed E-state index contributed by atoms with van der Waals surface area (Å²) in [6.07, 6.45) is 0. The molecule has 0 fully saturated rings. The molecule has 0 aliphatic rings. The lowest BCUT2D eigenvalue weighted by molar-refractivity contribution is 0.548. The van der Waals surface area contributed by atoms with Crippen molar-refractivity contribution in [2.75, 3.05) is 4.72 Å². The molecule has 0 spiro atoms. The number of nitrogens with one attached hydrogen (secondary N) is 1. The summed E-state index contributed by atoms with van der Waals surface area (Å²) in [5, 5.41) is 6.42. The molecule has 0 saturated heterocycles. The number of nitrogens with zero attached hydrogens (tertiary/aromatic N) is 3. The van der Waals surface area contributed by atoms with Gasteiger partial charge in [0.2, 0.25) is 5.13 Å². The van der Waals surface area contributed by atoms with Crippen molar-refractivity contribution in [2.24, 2.45) is 0 Å². The van der Waals surface area contributed by atoms with E-state index < -0.39 is 26.6 Å². The molecule has 1 N–H and O–H groups in total. The molecule has 0 bridgehead atoms. The van der Waals surface area contributed by atoms with Crippen LogP contribution in [0.2, 0.25) is 0 Å². The average Bonchev–Trinajstić information content (AvgIpc) is 2.66. The second kappa shape index (κ2) is 4.82. The Balaban J connectivity index is 2.48. The molecule has 0 aliphatic heterocycles. The van der Waals surface area contributed by atoms with Gasteiger partial charge in [0.15, 0.2) is 0 Å². The van der Waals surface area contributed by atoms with E-state index in [1.165, 1.54) is 0 Å². The molecule has 18 heavy (non-hydrogen) atoms. The predicted octanol–water partition coefficient (Wildman–Crippen LogP) is 1.77. The van der Waals surface area contributed by atoms with Crippen LogP contribution in [0.1, 0.15) is 0 Å². The van der Waals surface area contributed by atoms with E-state index in [1.807, 2.05) is 4.72 Å². The first kappa shape index (κ1) is 13.2. The van der Waals surface area contributed by atoms with Crippen molar-refractivity contribution in [3.8, 4) is 0 Å². The molecule has 2 aromatic rings. The van der Waals surface area contributed by atoms with Crippen molar-refractivity contribution < 1.29 is 17.2 Å². The van der Waals surface area contributed by atoms with Crippen LogP contribution < -0.4 is 4.72 Å². The first-order valence-electron chi connectivity index (χ1n) is 4.22. The van der Waals surface area contributed by atoms with E-state index in [0.717, 1.165) is 6.07 Å². The van der Waals surface area contributed by atoms with Crippen LogP contribution >= 0.6 is 27.5 Å². The molecular formula is C7H3BrF2N4O2S2. The molecular weight excluding hydrogens is 354 g/mol. The minimum absolute atomic E-state index is 0.120. The van der Waals surface area contributed by atoms with Gasteiger partial charge in [-0.05, 0) is 27.2 Å². The van der Waals surface area contributed by atoms with Gasteiger partial charge in [0, 0.05) is 22.1 Å². The number of halogens is 3. The third kappa shape index (κ3) is 2.62. The van der Waals surface area contributed by atoms with Crippen molar-refractivity contribution in [3.05, 3.63) is 28.2 Å². The average molecular weight is 357 g/mol. The van der Waals surface area contributed by atoms with Gasteiger partial charge in [-0.25, -0.2) is 17.2 Å². The Labute approximate surface area is 112 Å². The van der Waals surface area contributed by atoms with Crippen molar-refractivity contribution in [1.82, 2.24) is 14.8 Å². The normalized spacial score (nSPS) is 11.5.